The molecule has 0 unspecified atom stereocenters. The molecule has 3 N–H and O–H groups in total. The third-order valence-electron chi connectivity index (χ3n) is 0.917. The first kappa shape index (κ1) is 6.88. The number of carbonyl (C=O) groups excluding carboxylic acids is 1. The van der Waals surface area contributed by atoms with Gasteiger partial charge >= 0.3 is 0 Å². The maximum absolute atomic E-state index is 10.4. The highest BCUT2D eigenvalue weighted by molar-refractivity contribution is 6.68. The van der Waals surface area contributed by atoms with E-state index in [-0.39, 0.29) is 11.4 Å². The Hall–Kier alpha value is -1.23. The van der Waals surface area contributed by atoms with Crippen LogP contribution in [0.4, 0.5) is 5.69 Å². The second kappa shape index (κ2) is 2.18. The first-order valence-electron chi connectivity index (χ1n) is 2.35. The Morgan fingerprint density at radius 2 is 2.50 bits per heavy atom. The Kier molecular flexibility index (Phi) is 1.50. The molecule has 0 saturated carbocycles. The van der Waals surface area contributed by atoms with Crippen LogP contribution in [-0.4, -0.2) is 20.4 Å². The number of nitrogen functional groups attached to an aromatic ring is 1. The van der Waals surface area contributed by atoms with E-state index in [1.165, 1.54) is 0 Å². The molecule has 10 heavy (non-hydrogen) atoms. The van der Waals surface area contributed by atoms with Gasteiger partial charge in [0.15, 0.2) is 5.69 Å². The molecule has 0 bridgehead atoms. The lowest BCUT2D eigenvalue weighted by atomic mass is 10.4. The molecule has 0 amide bonds. The zero-order valence-corrected chi connectivity index (χ0v) is 5.54. The fourth-order valence-corrected chi connectivity index (χ4v) is 0.674. The summed E-state index contributed by atoms with van der Waals surface area (Å²) in [5.74, 6) is 0. The van der Waals surface area contributed by atoms with Crippen LogP contribution in [0, 0.1) is 0 Å². The van der Waals surface area contributed by atoms with Crippen molar-refractivity contribution >= 4 is 22.5 Å². The number of hydrogen-bond donors (Lipinski definition) is 2. The summed E-state index contributed by atoms with van der Waals surface area (Å²) < 4.78 is 0. The molecule has 0 aliphatic carbocycles. The number of rotatable bonds is 1. The van der Waals surface area contributed by atoms with Crippen LogP contribution in [0.15, 0.2) is 6.20 Å². The highest BCUT2D eigenvalue weighted by atomic mass is 35.5. The van der Waals surface area contributed by atoms with Crippen LogP contribution in [0.25, 0.3) is 0 Å². The second-order valence-corrected chi connectivity index (χ2v) is 1.97. The summed E-state index contributed by atoms with van der Waals surface area (Å²) in [6, 6.07) is 0. The van der Waals surface area contributed by atoms with Gasteiger partial charge in [0.25, 0.3) is 5.24 Å². The highest BCUT2D eigenvalue weighted by Crippen LogP contribution is 2.09. The van der Waals surface area contributed by atoms with E-state index in [1.807, 2.05) is 0 Å². The molecular weight excluding hydrogens is 158 g/mol. The Labute approximate surface area is 61.0 Å². The van der Waals surface area contributed by atoms with Gasteiger partial charge in [-0.3, -0.25) is 4.79 Å². The SMILES string of the molecule is Nc1cn(O)nc1C(=O)Cl. The van der Waals surface area contributed by atoms with Gasteiger partial charge in [0.1, 0.15) is 0 Å². The van der Waals surface area contributed by atoms with Crippen molar-refractivity contribution < 1.29 is 10.0 Å². The number of nitrogens with zero attached hydrogens (tertiary/aromatic N) is 2. The lowest BCUT2D eigenvalue weighted by Gasteiger charge is -1.83. The van der Waals surface area contributed by atoms with Gasteiger partial charge in [-0.15, -0.1) is 9.94 Å². The molecular formula is C4H4ClN3O2. The number of aromatic nitrogens is 2. The maximum atomic E-state index is 10.4. The molecule has 5 nitrogen and oxygen atoms in total. The van der Waals surface area contributed by atoms with Crippen molar-refractivity contribution in [1.29, 1.82) is 0 Å². The Morgan fingerprint density at radius 1 is 1.90 bits per heavy atom. The van der Waals surface area contributed by atoms with Gasteiger partial charge in [0.2, 0.25) is 0 Å². The highest BCUT2D eigenvalue weighted by Gasteiger charge is 2.11. The Balaban J connectivity index is 3.15. The summed E-state index contributed by atoms with van der Waals surface area (Å²) in [4.78, 5) is 10.8. The average Bonchev–Trinajstić information content (AvgIpc) is 2.10. The van der Waals surface area contributed by atoms with Crippen LogP contribution in [-0.2, 0) is 0 Å². The van der Waals surface area contributed by atoms with Gasteiger partial charge in [0, 0.05) is 0 Å². The van der Waals surface area contributed by atoms with Crippen molar-refractivity contribution in [3.8, 4) is 0 Å². The van der Waals surface area contributed by atoms with Crippen molar-refractivity contribution in [3.05, 3.63) is 11.9 Å². The van der Waals surface area contributed by atoms with Gasteiger partial charge in [0.05, 0.1) is 11.9 Å². The number of hydrogen-bond acceptors (Lipinski definition) is 4. The van der Waals surface area contributed by atoms with Gasteiger partial charge in [-0.25, -0.2) is 0 Å². The van der Waals surface area contributed by atoms with Crippen LogP contribution >= 0.6 is 11.6 Å². The van der Waals surface area contributed by atoms with E-state index in [0.29, 0.717) is 4.85 Å². The van der Waals surface area contributed by atoms with Crippen LogP contribution in [0.1, 0.15) is 10.5 Å². The smallest absolute Gasteiger partial charge is 0.274 e. The fourth-order valence-electron chi connectivity index (χ4n) is 0.527. The summed E-state index contributed by atoms with van der Waals surface area (Å²) in [6.45, 7) is 0. The molecule has 1 aromatic heterocycles. The van der Waals surface area contributed by atoms with Crippen LogP contribution in [0.5, 0.6) is 0 Å². The maximum Gasteiger partial charge on any atom is 0.274 e. The van der Waals surface area contributed by atoms with Crippen molar-refractivity contribution in [3.63, 3.8) is 0 Å². The average molecular weight is 162 g/mol. The monoisotopic (exact) mass is 161 g/mol. The molecule has 0 aromatic carbocycles. The number of halogens is 1. The van der Waals surface area contributed by atoms with E-state index in [9.17, 15) is 4.79 Å². The summed E-state index contributed by atoms with van der Waals surface area (Å²) in [6.07, 6.45) is 1.08. The van der Waals surface area contributed by atoms with E-state index in [1.54, 1.807) is 0 Å². The van der Waals surface area contributed by atoms with E-state index >= 15 is 0 Å². The second-order valence-electron chi connectivity index (χ2n) is 1.63. The van der Waals surface area contributed by atoms with Gasteiger partial charge in [-0.2, -0.15) is 0 Å². The van der Waals surface area contributed by atoms with Crippen molar-refractivity contribution in [2.45, 2.75) is 0 Å². The van der Waals surface area contributed by atoms with E-state index in [0.717, 1.165) is 6.20 Å². The molecule has 0 atom stereocenters. The minimum Gasteiger partial charge on any atom is -0.412 e. The van der Waals surface area contributed by atoms with Crippen molar-refractivity contribution in [2.24, 2.45) is 0 Å². The molecule has 0 spiro atoms. The molecule has 0 radical (unpaired) electrons. The quantitative estimate of drug-likeness (QED) is 0.452. The van der Waals surface area contributed by atoms with Crippen LogP contribution < -0.4 is 5.73 Å². The third-order valence-corrected chi connectivity index (χ3v) is 1.10. The lowest BCUT2D eigenvalue weighted by molar-refractivity contribution is 0.106. The summed E-state index contributed by atoms with van der Waals surface area (Å²) >= 11 is 5.02. The molecule has 6 heteroatoms. The standard InChI is InChI=1S/C4H4ClN3O2/c5-4(9)3-2(6)1-8(10)7-3/h1,10H,6H2. The number of anilines is 1. The zero-order chi connectivity index (χ0) is 7.72. The topological polar surface area (TPSA) is 81.1 Å². The van der Waals surface area contributed by atoms with Gasteiger partial charge in [-0.05, 0) is 11.6 Å². The minimum atomic E-state index is -0.787. The zero-order valence-electron chi connectivity index (χ0n) is 4.78. The molecule has 54 valence electrons. The molecule has 0 aliphatic rings. The van der Waals surface area contributed by atoms with Crippen molar-refractivity contribution in [1.82, 2.24) is 9.94 Å². The fraction of sp³-hybridized carbons (Fsp3) is 0. The van der Waals surface area contributed by atoms with Gasteiger partial charge in [-0.1, -0.05) is 0 Å². The number of carbonyl (C=O) groups is 1. The Bertz CT molecular complexity index is 269. The first-order chi connectivity index (χ1) is 4.61. The molecule has 1 heterocycles. The molecule has 1 aromatic rings. The van der Waals surface area contributed by atoms with Crippen LogP contribution in [0.2, 0.25) is 0 Å². The third kappa shape index (κ3) is 1.03. The Morgan fingerprint density at radius 3 is 2.70 bits per heavy atom. The summed E-state index contributed by atoms with van der Waals surface area (Å²) in [5.41, 5.74) is 5.12. The van der Waals surface area contributed by atoms with E-state index < -0.39 is 5.24 Å². The predicted molar refractivity (Wildman–Crippen MR) is 34.0 cm³/mol. The first-order valence-corrected chi connectivity index (χ1v) is 2.73. The number of nitrogens with two attached hydrogens (primary N) is 1. The molecule has 0 saturated heterocycles. The van der Waals surface area contributed by atoms with Crippen molar-refractivity contribution in [2.75, 3.05) is 5.73 Å². The van der Waals surface area contributed by atoms with Crippen LogP contribution in [0.3, 0.4) is 0 Å². The van der Waals surface area contributed by atoms with E-state index in [4.69, 9.17) is 22.5 Å². The largest absolute Gasteiger partial charge is 0.412 e. The lowest BCUT2D eigenvalue weighted by Crippen LogP contribution is -1.96. The van der Waals surface area contributed by atoms with E-state index in [2.05, 4.69) is 5.10 Å². The minimum absolute atomic E-state index is 0.0579. The molecule has 0 fully saturated rings. The van der Waals surface area contributed by atoms with Gasteiger partial charge < -0.3 is 10.9 Å². The normalized spacial score (nSPS) is 9.70. The predicted octanol–water partition coefficient (Wildman–Crippen LogP) is 0.0816. The summed E-state index contributed by atoms with van der Waals surface area (Å²) in [5, 5.41) is 11.1. The molecule has 1 rings (SSSR count). The molecule has 0 aliphatic heterocycles. The summed E-state index contributed by atoms with van der Waals surface area (Å²) in [7, 11) is 0.